The van der Waals surface area contributed by atoms with Crippen LogP contribution in [-0.4, -0.2) is 5.75 Å². The Bertz CT molecular complexity index is 254. The molecule has 0 aliphatic heterocycles. The number of unbranched alkanes of at least 4 members (excludes halogenated alkanes) is 3. The molecule has 0 atom stereocenters. The summed E-state index contributed by atoms with van der Waals surface area (Å²) >= 11 is 0. The molecule has 0 saturated carbocycles. The third-order valence-electron chi connectivity index (χ3n) is 2.26. The molecule has 0 aliphatic rings. The monoisotopic (exact) mass is 240 g/mol. The van der Waals surface area contributed by atoms with Crippen LogP contribution in [0.15, 0.2) is 29.2 Å². The fourth-order valence-electron chi connectivity index (χ4n) is 1.29. The van der Waals surface area contributed by atoms with Crippen molar-refractivity contribution in [1.82, 2.24) is 0 Å². The molecule has 0 spiro atoms. The zero-order valence-corrected chi connectivity index (χ0v) is 11.3. The number of benzene rings is 1. The van der Waals surface area contributed by atoms with Crippen LogP contribution in [0.2, 0.25) is 0 Å². The molecular weight excluding hydrogens is 220 g/mol. The second-order valence-corrected chi connectivity index (χ2v) is 6.27. The van der Waals surface area contributed by atoms with Crippen molar-refractivity contribution in [2.24, 2.45) is 0 Å². The van der Waals surface area contributed by atoms with Crippen LogP contribution in [0.1, 0.15) is 38.2 Å². The first kappa shape index (κ1) is 13.0. The van der Waals surface area contributed by atoms with E-state index in [4.69, 9.17) is 0 Å². The van der Waals surface area contributed by atoms with Gasteiger partial charge in [0.1, 0.15) is 0 Å². The van der Waals surface area contributed by atoms with Gasteiger partial charge >= 0.3 is 0 Å². The molecule has 84 valence electrons. The lowest BCUT2D eigenvalue weighted by Gasteiger charge is -2.01. The van der Waals surface area contributed by atoms with Crippen molar-refractivity contribution in [3.8, 4) is 0 Å². The van der Waals surface area contributed by atoms with E-state index in [2.05, 4.69) is 38.1 Å². The molecule has 0 fully saturated rings. The molecule has 0 aliphatic carbocycles. The van der Waals surface area contributed by atoms with Gasteiger partial charge in [0.15, 0.2) is 0 Å². The van der Waals surface area contributed by atoms with E-state index in [1.54, 1.807) is 0 Å². The van der Waals surface area contributed by atoms with E-state index >= 15 is 0 Å². The third-order valence-corrected chi connectivity index (χ3v) is 4.73. The molecule has 0 saturated heterocycles. The average molecular weight is 240 g/mol. The largest absolute Gasteiger partial charge is 0.0889 e. The van der Waals surface area contributed by atoms with E-state index in [0.29, 0.717) is 0 Å². The summed E-state index contributed by atoms with van der Waals surface area (Å²) in [6.07, 6.45) is 5.46. The maximum absolute atomic E-state index is 2.26. The van der Waals surface area contributed by atoms with Crippen LogP contribution in [0.25, 0.3) is 0 Å². The van der Waals surface area contributed by atoms with E-state index in [-0.39, 0.29) is 0 Å². The van der Waals surface area contributed by atoms with Crippen molar-refractivity contribution in [3.05, 3.63) is 29.8 Å². The maximum atomic E-state index is 2.26. The van der Waals surface area contributed by atoms with Gasteiger partial charge in [0.2, 0.25) is 0 Å². The van der Waals surface area contributed by atoms with E-state index in [1.165, 1.54) is 41.9 Å². The van der Waals surface area contributed by atoms with Gasteiger partial charge in [0, 0.05) is 10.6 Å². The highest BCUT2D eigenvalue weighted by atomic mass is 33.1. The number of hydrogen-bond donors (Lipinski definition) is 0. The van der Waals surface area contributed by atoms with Crippen molar-refractivity contribution in [3.63, 3.8) is 0 Å². The zero-order valence-electron chi connectivity index (χ0n) is 9.66. The Morgan fingerprint density at radius 3 is 2.40 bits per heavy atom. The van der Waals surface area contributed by atoms with Crippen LogP contribution < -0.4 is 0 Å². The van der Waals surface area contributed by atoms with Crippen molar-refractivity contribution >= 4 is 21.6 Å². The minimum atomic E-state index is 1.28. The summed E-state index contributed by atoms with van der Waals surface area (Å²) in [5.41, 5.74) is 1.34. The summed E-state index contributed by atoms with van der Waals surface area (Å²) < 4.78 is 0. The Labute approximate surface area is 102 Å². The minimum Gasteiger partial charge on any atom is -0.0889 e. The van der Waals surface area contributed by atoms with E-state index in [0.717, 1.165) is 0 Å². The Morgan fingerprint density at radius 1 is 1.00 bits per heavy atom. The van der Waals surface area contributed by atoms with Crippen molar-refractivity contribution in [1.29, 1.82) is 0 Å². The lowest BCUT2D eigenvalue weighted by Crippen LogP contribution is -1.78. The van der Waals surface area contributed by atoms with Crippen LogP contribution in [0.5, 0.6) is 0 Å². The second-order valence-electron chi connectivity index (χ2n) is 3.78. The minimum absolute atomic E-state index is 1.28. The van der Waals surface area contributed by atoms with Crippen LogP contribution in [0.3, 0.4) is 0 Å². The summed E-state index contributed by atoms with van der Waals surface area (Å²) in [7, 11) is 3.88. The van der Waals surface area contributed by atoms with Gasteiger partial charge in [-0.25, -0.2) is 0 Å². The standard InChI is InChI=1S/C13H20S2/c1-3-4-5-6-11-14-15-13-9-7-12(2)8-10-13/h7-10H,3-6,11H2,1-2H3. The Kier molecular flexibility index (Phi) is 7.03. The van der Waals surface area contributed by atoms with Gasteiger partial charge in [0.25, 0.3) is 0 Å². The molecule has 1 aromatic carbocycles. The number of aryl methyl sites for hydroxylation is 1. The third kappa shape index (κ3) is 6.16. The predicted octanol–water partition coefficient (Wildman–Crippen LogP) is 5.32. The predicted molar refractivity (Wildman–Crippen MR) is 73.6 cm³/mol. The highest BCUT2D eigenvalue weighted by Gasteiger charge is 1.94. The summed E-state index contributed by atoms with van der Waals surface area (Å²) in [5.74, 6) is 1.28. The molecule has 2 heteroatoms. The zero-order chi connectivity index (χ0) is 10.9. The first-order valence-electron chi connectivity index (χ1n) is 5.69. The summed E-state index contributed by atoms with van der Waals surface area (Å²) in [4.78, 5) is 1.38. The molecule has 0 heterocycles. The van der Waals surface area contributed by atoms with Gasteiger partial charge < -0.3 is 0 Å². The molecule has 0 nitrogen and oxygen atoms in total. The van der Waals surface area contributed by atoms with E-state index < -0.39 is 0 Å². The lowest BCUT2D eigenvalue weighted by atomic mass is 10.2. The van der Waals surface area contributed by atoms with Crippen LogP contribution in [0.4, 0.5) is 0 Å². The molecule has 0 aromatic heterocycles. The molecule has 0 radical (unpaired) electrons. The average Bonchev–Trinajstić information content (AvgIpc) is 2.26. The van der Waals surface area contributed by atoms with Gasteiger partial charge in [-0.15, -0.1) is 0 Å². The van der Waals surface area contributed by atoms with E-state index in [1.807, 2.05) is 21.6 Å². The molecule has 1 aromatic rings. The SMILES string of the molecule is CCCCCCSSc1ccc(C)cc1. The van der Waals surface area contributed by atoms with Crippen LogP contribution >= 0.6 is 21.6 Å². The van der Waals surface area contributed by atoms with Gasteiger partial charge in [0.05, 0.1) is 0 Å². The maximum Gasteiger partial charge on any atom is 0.0182 e. The van der Waals surface area contributed by atoms with E-state index in [9.17, 15) is 0 Å². The first-order chi connectivity index (χ1) is 7.33. The molecule has 0 N–H and O–H groups in total. The summed E-state index contributed by atoms with van der Waals surface area (Å²) in [5, 5.41) is 0. The highest BCUT2D eigenvalue weighted by Crippen LogP contribution is 2.31. The van der Waals surface area contributed by atoms with Gasteiger partial charge in [-0.05, 0) is 25.5 Å². The first-order valence-corrected chi connectivity index (χ1v) is 8.01. The molecule has 15 heavy (non-hydrogen) atoms. The molecular formula is C13H20S2. The van der Waals surface area contributed by atoms with Gasteiger partial charge in [-0.2, -0.15) is 0 Å². The highest BCUT2D eigenvalue weighted by molar-refractivity contribution is 8.76. The number of rotatable bonds is 7. The Morgan fingerprint density at radius 2 is 1.73 bits per heavy atom. The van der Waals surface area contributed by atoms with Crippen molar-refractivity contribution in [2.75, 3.05) is 5.75 Å². The lowest BCUT2D eigenvalue weighted by molar-refractivity contribution is 0.707. The normalized spacial score (nSPS) is 10.5. The second kappa shape index (κ2) is 8.12. The molecule has 0 bridgehead atoms. The summed E-state index contributed by atoms with van der Waals surface area (Å²) in [6.45, 7) is 4.39. The quantitative estimate of drug-likeness (QED) is 0.467. The van der Waals surface area contributed by atoms with Crippen molar-refractivity contribution < 1.29 is 0 Å². The van der Waals surface area contributed by atoms with Crippen LogP contribution in [0, 0.1) is 6.92 Å². The topological polar surface area (TPSA) is 0 Å². The van der Waals surface area contributed by atoms with Crippen molar-refractivity contribution in [2.45, 2.75) is 44.4 Å². The molecule has 0 amide bonds. The fourth-order valence-corrected chi connectivity index (χ4v) is 3.43. The van der Waals surface area contributed by atoms with Gasteiger partial charge in [-0.1, -0.05) is 65.5 Å². The molecule has 1 rings (SSSR count). The molecule has 0 unspecified atom stereocenters. The van der Waals surface area contributed by atoms with Crippen LogP contribution in [-0.2, 0) is 0 Å². The smallest absolute Gasteiger partial charge is 0.0182 e. The summed E-state index contributed by atoms with van der Waals surface area (Å²) in [6, 6.07) is 8.78. The number of hydrogen-bond acceptors (Lipinski definition) is 2. The fraction of sp³-hybridized carbons (Fsp3) is 0.538. The Hall–Kier alpha value is -0.0800. The Balaban J connectivity index is 2.07. The van der Waals surface area contributed by atoms with Gasteiger partial charge in [-0.3, -0.25) is 0 Å².